The molecule has 1 nitrogen and oxygen atoms in total. The molecule has 0 radical (unpaired) electrons. The van der Waals surface area contributed by atoms with E-state index in [-0.39, 0.29) is 29.7 Å². The highest BCUT2D eigenvalue weighted by Gasteiger charge is 2.22. The van der Waals surface area contributed by atoms with Gasteiger partial charge in [0, 0.05) is 10.9 Å². The molecule has 0 saturated carbocycles. The van der Waals surface area contributed by atoms with E-state index in [1.165, 1.54) is 37.9 Å². The largest absolute Gasteiger partial charge is 0.456 e. The van der Waals surface area contributed by atoms with E-state index < -0.39 is 6.04 Å². The molecule has 0 aliphatic carbocycles. The van der Waals surface area contributed by atoms with E-state index in [9.17, 15) is 0 Å². The van der Waals surface area contributed by atoms with Crippen LogP contribution in [-0.4, -0.2) is 0 Å². The summed E-state index contributed by atoms with van der Waals surface area (Å²) < 4.78 is 48.2. The molecule has 9 aromatic rings. The van der Waals surface area contributed by atoms with Crippen molar-refractivity contribution in [2.24, 2.45) is 0 Å². The molecular formula is C46H28O. The van der Waals surface area contributed by atoms with E-state index in [1.54, 1.807) is 6.07 Å². The van der Waals surface area contributed by atoms with Crippen LogP contribution in [0, 0.1) is 0 Å². The molecule has 1 aliphatic rings. The molecule has 218 valence electrons. The van der Waals surface area contributed by atoms with Gasteiger partial charge in [-0.1, -0.05) is 127 Å². The van der Waals surface area contributed by atoms with Crippen molar-refractivity contribution in [1.29, 1.82) is 0 Å². The fourth-order valence-corrected chi connectivity index (χ4v) is 7.34. The zero-order valence-corrected chi connectivity index (χ0v) is 25.2. The second-order valence-corrected chi connectivity index (χ2v) is 12.1. The molecule has 0 unspecified atom stereocenters. The molecule has 0 aromatic heterocycles. The van der Waals surface area contributed by atoms with E-state index in [1.807, 2.05) is 24.3 Å². The third-order valence-electron chi connectivity index (χ3n) is 9.47. The van der Waals surface area contributed by atoms with Gasteiger partial charge in [-0.05, 0) is 119 Å². The summed E-state index contributed by atoms with van der Waals surface area (Å²) in [5.41, 5.74) is 6.91. The van der Waals surface area contributed by atoms with Gasteiger partial charge in [0.2, 0.25) is 0 Å². The highest BCUT2D eigenvalue weighted by Crippen LogP contribution is 2.49. The van der Waals surface area contributed by atoms with Crippen LogP contribution in [0.15, 0.2) is 170 Å². The highest BCUT2D eigenvalue weighted by atomic mass is 16.5. The van der Waals surface area contributed by atoms with Gasteiger partial charge in [-0.2, -0.15) is 0 Å². The van der Waals surface area contributed by atoms with Gasteiger partial charge in [-0.25, -0.2) is 0 Å². The average molecular weight is 602 g/mol. The molecule has 0 N–H and O–H groups in total. The second kappa shape index (κ2) is 10.2. The Hall–Kier alpha value is -6.18. The summed E-state index contributed by atoms with van der Waals surface area (Å²) in [6, 6.07) is 47.0. The first-order chi connectivity index (χ1) is 25.4. The summed E-state index contributed by atoms with van der Waals surface area (Å²) in [6.45, 7) is 0. The average Bonchev–Trinajstić information content (AvgIpc) is 3.18. The monoisotopic (exact) mass is 601 g/mol. The summed E-state index contributed by atoms with van der Waals surface area (Å²) in [7, 11) is 0. The van der Waals surface area contributed by atoms with Crippen molar-refractivity contribution in [3.8, 4) is 56.0 Å². The molecule has 0 amide bonds. The van der Waals surface area contributed by atoms with E-state index in [0.29, 0.717) is 11.3 Å². The topological polar surface area (TPSA) is 9.23 Å². The molecule has 0 spiro atoms. The van der Waals surface area contributed by atoms with Crippen LogP contribution in [0.2, 0.25) is 0 Å². The summed E-state index contributed by atoms with van der Waals surface area (Å²) in [5, 5.41) is 9.28. The summed E-state index contributed by atoms with van der Waals surface area (Å²) in [5.74, 6) is 1.40. The lowest BCUT2D eigenvalue weighted by Gasteiger charge is -2.23. The van der Waals surface area contributed by atoms with Gasteiger partial charge in [0.05, 0.1) is 6.85 Å². The second-order valence-electron chi connectivity index (χ2n) is 12.1. The number of benzene rings is 9. The molecule has 1 heterocycles. The maximum Gasteiger partial charge on any atom is 0.135 e. The van der Waals surface area contributed by atoms with Gasteiger partial charge in [-0.3, -0.25) is 0 Å². The summed E-state index contributed by atoms with van der Waals surface area (Å²) in [4.78, 5) is 0. The van der Waals surface area contributed by atoms with E-state index in [0.717, 1.165) is 44.3 Å². The van der Waals surface area contributed by atoms with Crippen LogP contribution < -0.4 is 4.74 Å². The first-order valence-corrected chi connectivity index (χ1v) is 15.8. The Bertz CT molecular complexity index is 2970. The van der Waals surface area contributed by atoms with Gasteiger partial charge >= 0.3 is 0 Å². The van der Waals surface area contributed by atoms with Crippen molar-refractivity contribution in [1.82, 2.24) is 0 Å². The number of fused-ring (bicyclic) bond motifs is 6. The Labute approximate surface area is 280 Å². The maximum atomic E-state index is 8.62. The van der Waals surface area contributed by atoms with Crippen LogP contribution in [0.1, 0.15) is 6.85 Å². The van der Waals surface area contributed by atoms with Crippen molar-refractivity contribution >= 4 is 43.1 Å². The van der Waals surface area contributed by atoms with E-state index >= 15 is 0 Å². The Kier molecular flexibility index (Phi) is 4.66. The Balaban J connectivity index is 1.18. The third kappa shape index (κ3) is 4.10. The number of hydrogen-bond donors (Lipinski definition) is 0. The van der Waals surface area contributed by atoms with E-state index in [4.69, 9.17) is 11.6 Å². The van der Waals surface area contributed by atoms with E-state index in [2.05, 4.69) is 109 Å². The molecule has 1 heteroatoms. The van der Waals surface area contributed by atoms with Gasteiger partial charge in [0.25, 0.3) is 0 Å². The zero-order valence-electron chi connectivity index (χ0n) is 30.2. The molecule has 9 aromatic carbocycles. The lowest BCUT2D eigenvalue weighted by molar-refractivity contribution is 0.487. The smallest absolute Gasteiger partial charge is 0.135 e. The Morgan fingerprint density at radius 3 is 2.04 bits per heavy atom. The quantitative estimate of drug-likeness (QED) is 0.145. The lowest BCUT2D eigenvalue weighted by atomic mass is 9.87. The molecule has 0 saturated heterocycles. The Morgan fingerprint density at radius 1 is 0.383 bits per heavy atom. The van der Waals surface area contributed by atoms with Crippen molar-refractivity contribution < 1.29 is 11.6 Å². The molecule has 0 bridgehead atoms. The van der Waals surface area contributed by atoms with Gasteiger partial charge in [0.1, 0.15) is 11.5 Å². The summed E-state index contributed by atoms with van der Waals surface area (Å²) in [6.07, 6.45) is 0. The predicted molar refractivity (Wildman–Crippen MR) is 198 cm³/mol. The fraction of sp³-hybridized carbons (Fsp3) is 0. The van der Waals surface area contributed by atoms with Crippen LogP contribution in [-0.2, 0) is 0 Å². The minimum Gasteiger partial charge on any atom is -0.456 e. The molecule has 10 rings (SSSR count). The molecule has 0 fully saturated rings. The lowest BCUT2D eigenvalue weighted by Crippen LogP contribution is -1.98. The van der Waals surface area contributed by atoms with Gasteiger partial charge in [0.15, 0.2) is 0 Å². The highest BCUT2D eigenvalue weighted by molar-refractivity contribution is 6.20. The number of rotatable bonds is 3. The van der Waals surface area contributed by atoms with Crippen molar-refractivity contribution in [2.75, 3.05) is 0 Å². The molecule has 0 atom stereocenters. The number of ether oxygens (including phenoxy) is 1. The van der Waals surface area contributed by atoms with Gasteiger partial charge in [-0.15, -0.1) is 0 Å². The van der Waals surface area contributed by atoms with Crippen LogP contribution in [0.4, 0.5) is 0 Å². The van der Waals surface area contributed by atoms with Crippen LogP contribution in [0.3, 0.4) is 0 Å². The first-order valence-electron chi connectivity index (χ1n) is 18.3. The minimum absolute atomic E-state index is 0.169. The molecule has 1 aliphatic heterocycles. The molecular weight excluding hydrogens is 569 g/mol. The van der Waals surface area contributed by atoms with Crippen molar-refractivity contribution in [3.05, 3.63) is 170 Å². The first kappa shape index (κ1) is 21.5. The Morgan fingerprint density at radius 2 is 1.13 bits per heavy atom. The van der Waals surface area contributed by atoms with Crippen LogP contribution in [0.5, 0.6) is 11.5 Å². The standard InChI is InChI=1S/C46H28O/c1-2-10-29(11-3-1)32-21-23-43-41(26-32)42-28-36(25-35-16-9-19-44(47-43)46(35)42)31-14-8-15-34(24-31)45-38-18-7-5-13-33(38)27-40-37-17-6-4-12-30(37)20-22-39(40)45/h1-28H/i1D,2D,3D,10D,11D. The SMILES string of the molecule is [2H]c1c([2H])c([2H])c(-c2ccc3c(c2)-c2cc(-c4cccc(-c5c6ccccc6cc6c5ccc5ccccc56)c4)cc4cccc(c24)O3)c([2H])c1[2H]. The fourth-order valence-electron chi connectivity index (χ4n) is 7.34. The summed E-state index contributed by atoms with van der Waals surface area (Å²) >= 11 is 0. The normalized spacial score (nSPS) is 13.5. The van der Waals surface area contributed by atoms with Gasteiger partial charge < -0.3 is 4.74 Å². The maximum absolute atomic E-state index is 8.62. The zero-order chi connectivity index (χ0) is 35.2. The third-order valence-corrected chi connectivity index (χ3v) is 9.47. The van der Waals surface area contributed by atoms with Crippen LogP contribution in [0.25, 0.3) is 87.6 Å². The number of hydrogen-bond acceptors (Lipinski definition) is 1. The predicted octanol–water partition coefficient (Wildman–Crippen LogP) is 13.1. The van der Waals surface area contributed by atoms with Crippen LogP contribution >= 0.6 is 0 Å². The molecule has 47 heavy (non-hydrogen) atoms. The van der Waals surface area contributed by atoms with Crippen molar-refractivity contribution in [3.63, 3.8) is 0 Å². The van der Waals surface area contributed by atoms with Crippen molar-refractivity contribution in [2.45, 2.75) is 0 Å². The minimum atomic E-state index is -0.407.